The van der Waals surface area contributed by atoms with E-state index in [1.165, 1.54) is 81.9 Å². The molecular weight excluding hydrogens is 497 g/mol. The first kappa shape index (κ1) is 28.4. The van der Waals surface area contributed by atoms with Crippen LogP contribution in [0.2, 0.25) is 0 Å². The maximum Gasteiger partial charge on any atom is 0.159 e. The van der Waals surface area contributed by atoms with Crippen molar-refractivity contribution in [1.82, 2.24) is 0 Å². The SMILES string of the molecule is CCCCc1ccc([Si](c2ccc(CCCC)cc2)(c2ccc(CCCC)cc2)C2C=Cc3ccccc32)cc1. The summed E-state index contributed by atoms with van der Waals surface area (Å²) < 4.78 is 0. The summed E-state index contributed by atoms with van der Waals surface area (Å²) in [5.74, 6) is 0. The van der Waals surface area contributed by atoms with E-state index in [1.807, 2.05) is 0 Å². The molecule has 4 aromatic rings. The van der Waals surface area contributed by atoms with Crippen LogP contribution in [0.25, 0.3) is 6.08 Å². The van der Waals surface area contributed by atoms with Crippen molar-refractivity contribution in [2.75, 3.05) is 0 Å². The van der Waals surface area contributed by atoms with Gasteiger partial charge in [-0.1, -0.05) is 149 Å². The van der Waals surface area contributed by atoms with Gasteiger partial charge in [-0.05, 0) is 81.9 Å². The van der Waals surface area contributed by atoms with E-state index >= 15 is 0 Å². The highest BCUT2D eigenvalue weighted by molar-refractivity contribution is 7.12. The van der Waals surface area contributed by atoms with Crippen molar-refractivity contribution in [3.8, 4) is 0 Å². The van der Waals surface area contributed by atoms with E-state index in [9.17, 15) is 0 Å². The van der Waals surface area contributed by atoms with Crippen LogP contribution in [0.3, 0.4) is 0 Å². The third-order valence-electron chi connectivity index (χ3n) is 8.95. The zero-order chi connectivity index (χ0) is 27.8. The lowest BCUT2D eigenvalue weighted by Crippen LogP contribution is -2.70. The van der Waals surface area contributed by atoms with Crippen molar-refractivity contribution in [3.05, 3.63) is 131 Å². The molecule has 0 nitrogen and oxygen atoms in total. The maximum atomic E-state index is 2.53. The van der Waals surface area contributed by atoms with E-state index in [0.29, 0.717) is 5.54 Å². The summed E-state index contributed by atoms with van der Waals surface area (Å²) in [6.07, 6.45) is 15.8. The highest BCUT2D eigenvalue weighted by Gasteiger charge is 2.47. The Balaban J connectivity index is 1.71. The molecule has 0 fully saturated rings. The van der Waals surface area contributed by atoms with Gasteiger partial charge in [-0.3, -0.25) is 0 Å². The third-order valence-corrected chi connectivity index (χ3v) is 14.1. The average Bonchev–Trinajstić information content (AvgIpc) is 3.44. The minimum absolute atomic E-state index is 0.355. The summed E-state index contributed by atoms with van der Waals surface area (Å²) in [4.78, 5) is 0. The number of aryl methyl sites for hydroxylation is 3. The Bertz CT molecular complexity index is 1250. The van der Waals surface area contributed by atoms with Crippen molar-refractivity contribution >= 4 is 29.7 Å². The van der Waals surface area contributed by atoms with Crippen molar-refractivity contribution in [2.45, 2.75) is 84.1 Å². The average molecular weight is 543 g/mol. The zero-order valence-electron chi connectivity index (χ0n) is 24.8. The number of unbranched alkanes of at least 4 members (excludes halogenated alkanes) is 3. The fourth-order valence-electron chi connectivity index (χ4n) is 6.61. The van der Waals surface area contributed by atoms with Gasteiger partial charge in [0.2, 0.25) is 0 Å². The molecule has 1 atom stereocenters. The van der Waals surface area contributed by atoms with Gasteiger partial charge >= 0.3 is 0 Å². The number of hydrogen-bond donors (Lipinski definition) is 0. The molecule has 0 radical (unpaired) electrons. The van der Waals surface area contributed by atoms with Crippen LogP contribution in [0.4, 0.5) is 0 Å². The molecule has 1 aliphatic rings. The second kappa shape index (κ2) is 13.5. The standard InChI is InChI=1S/C39H46Si/c1-4-7-12-31-17-24-35(25-18-31)40(36-26-19-32(20-27-36)13-8-5-2,37-28-21-33(22-29-37)14-9-6-3)39-30-23-34-15-10-11-16-38(34)39/h10-11,15-30,39H,4-9,12-14H2,1-3H3. The second-order valence-electron chi connectivity index (χ2n) is 11.7. The summed E-state index contributed by atoms with van der Waals surface area (Å²) in [5, 5.41) is 4.55. The highest BCUT2D eigenvalue weighted by Crippen LogP contribution is 2.37. The molecule has 1 unspecified atom stereocenters. The Morgan fingerprint density at radius 1 is 0.500 bits per heavy atom. The predicted molar refractivity (Wildman–Crippen MR) is 178 cm³/mol. The Morgan fingerprint density at radius 3 is 1.30 bits per heavy atom. The highest BCUT2D eigenvalue weighted by atomic mass is 28.3. The van der Waals surface area contributed by atoms with E-state index in [-0.39, 0.29) is 0 Å². The van der Waals surface area contributed by atoms with Gasteiger partial charge in [0.25, 0.3) is 0 Å². The van der Waals surface area contributed by atoms with Crippen LogP contribution in [0.1, 0.15) is 92.7 Å². The molecular formula is C39H46Si. The first-order valence-electron chi connectivity index (χ1n) is 15.8. The summed E-state index contributed by atoms with van der Waals surface area (Å²) in [6, 6.07) is 38.5. The topological polar surface area (TPSA) is 0 Å². The van der Waals surface area contributed by atoms with Gasteiger partial charge in [0.15, 0.2) is 8.07 Å². The van der Waals surface area contributed by atoms with E-state index in [0.717, 1.165) is 19.3 Å². The van der Waals surface area contributed by atoms with Gasteiger partial charge in [-0.25, -0.2) is 0 Å². The number of rotatable bonds is 13. The van der Waals surface area contributed by atoms with Crippen LogP contribution < -0.4 is 15.6 Å². The van der Waals surface area contributed by atoms with Crippen LogP contribution in [0, 0.1) is 0 Å². The van der Waals surface area contributed by atoms with E-state index in [4.69, 9.17) is 0 Å². The van der Waals surface area contributed by atoms with Crippen LogP contribution in [0.5, 0.6) is 0 Å². The molecule has 0 saturated heterocycles. The first-order chi connectivity index (χ1) is 19.7. The molecule has 0 spiro atoms. The fourth-order valence-corrected chi connectivity index (χ4v) is 11.9. The molecule has 0 aliphatic heterocycles. The van der Waals surface area contributed by atoms with Crippen molar-refractivity contribution in [2.24, 2.45) is 0 Å². The molecule has 1 aliphatic carbocycles. The van der Waals surface area contributed by atoms with E-state index in [2.05, 4.69) is 130 Å². The molecule has 0 bridgehead atoms. The predicted octanol–water partition coefficient (Wildman–Crippen LogP) is 8.53. The number of benzene rings is 4. The minimum Gasteiger partial charge on any atom is -0.0781 e. The normalized spacial score (nSPS) is 14.4. The summed E-state index contributed by atoms with van der Waals surface area (Å²) in [7, 11) is -2.49. The number of allylic oxidation sites excluding steroid dienone is 1. The van der Waals surface area contributed by atoms with Gasteiger partial charge in [-0.15, -0.1) is 0 Å². The lowest BCUT2D eigenvalue weighted by atomic mass is 10.1. The zero-order valence-corrected chi connectivity index (χ0v) is 25.8. The molecule has 40 heavy (non-hydrogen) atoms. The van der Waals surface area contributed by atoms with Crippen molar-refractivity contribution in [3.63, 3.8) is 0 Å². The summed E-state index contributed by atoms with van der Waals surface area (Å²) >= 11 is 0. The molecule has 0 aromatic heterocycles. The van der Waals surface area contributed by atoms with Gasteiger partial charge in [0.05, 0.1) is 0 Å². The van der Waals surface area contributed by atoms with E-state index in [1.54, 1.807) is 0 Å². The van der Waals surface area contributed by atoms with Gasteiger partial charge in [0, 0.05) is 5.54 Å². The largest absolute Gasteiger partial charge is 0.159 e. The third kappa shape index (κ3) is 5.81. The van der Waals surface area contributed by atoms with Crippen LogP contribution in [0.15, 0.2) is 103 Å². The molecule has 5 rings (SSSR count). The first-order valence-corrected chi connectivity index (χ1v) is 17.8. The molecule has 206 valence electrons. The number of fused-ring (bicyclic) bond motifs is 1. The minimum atomic E-state index is -2.49. The molecule has 0 saturated carbocycles. The monoisotopic (exact) mass is 542 g/mol. The van der Waals surface area contributed by atoms with Crippen LogP contribution in [-0.2, 0) is 19.3 Å². The fraction of sp³-hybridized carbons (Fsp3) is 0.333. The van der Waals surface area contributed by atoms with Gasteiger partial charge in [0.1, 0.15) is 0 Å². The number of hydrogen-bond acceptors (Lipinski definition) is 0. The van der Waals surface area contributed by atoms with Crippen LogP contribution >= 0.6 is 0 Å². The second-order valence-corrected chi connectivity index (χ2v) is 15.6. The Kier molecular flexibility index (Phi) is 9.55. The molecule has 4 aromatic carbocycles. The van der Waals surface area contributed by atoms with Crippen LogP contribution in [-0.4, -0.2) is 8.07 Å². The quantitative estimate of drug-likeness (QED) is 0.117. The molecule has 0 heterocycles. The molecule has 1 heteroatoms. The maximum absolute atomic E-state index is 2.53. The van der Waals surface area contributed by atoms with Gasteiger partial charge < -0.3 is 0 Å². The Labute approximate surface area is 244 Å². The lowest BCUT2D eigenvalue weighted by molar-refractivity contribution is 0.795. The Morgan fingerprint density at radius 2 is 0.900 bits per heavy atom. The Hall–Kier alpha value is -3.16. The van der Waals surface area contributed by atoms with Crippen molar-refractivity contribution in [1.29, 1.82) is 0 Å². The van der Waals surface area contributed by atoms with Crippen molar-refractivity contribution < 1.29 is 0 Å². The lowest BCUT2D eigenvalue weighted by Gasteiger charge is -2.39. The molecule has 0 amide bonds. The summed E-state index contributed by atoms with van der Waals surface area (Å²) in [5.41, 5.74) is 7.59. The van der Waals surface area contributed by atoms with Gasteiger partial charge in [-0.2, -0.15) is 0 Å². The smallest absolute Gasteiger partial charge is 0.0781 e. The van der Waals surface area contributed by atoms with E-state index < -0.39 is 8.07 Å². The summed E-state index contributed by atoms with van der Waals surface area (Å²) in [6.45, 7) is 6.85. The molecule has 0 N–H and O–H groups in total.